The number of carbonyl (C=O) groups excluding carboxylic acids is 1. The first-order chi connectivity index (χ1) is 8.66. The van der Waals surface area contributed by atoms with Gasteiger partial charge in [0.05, 0.1) is 0 Å². The lowest BCUT2D eigenvalue weighted by Crippen LogP contribution is -2.61. The zero-order chi connectivity index (χ0) is 12.6. The Morgan fingerprint density at radius 2 is 2.06 bits per heavy atom. The number of benzene rings is 1. The van der Waals surface area contributed by atoms with E-state index in [9.17, 15) is 4.79 Å². The minimum atomic E-state index is -1.16. The summed E-state index contributed by atoms with van der Waals surface area (Å²) in [4.78, 5) is 23.8. The second kappa shape index (κ2) is 3.85. The Balaban J connectivity index is 1.92. The van der Waals surface area contributed by atoms with Crippen molar-refractivity contribution in [1.29, 1.82) is 0 Å². The number of rotatable bonds is 2. The van der Waals surface area contributed by atoms with Crippen LogP contribution in [0.1, 0.15) is 5.56 Å². The fourth-order valence-electron chi connectivity index (χ4n) is 1.97. The van der Waals surface area contributed by atoms with E-state index in [2.05, 4.69) is 20.3 Å². The molecule has 6 heteroatoms. The largest absolute Gasteiger partial charge is 0.314 e. The summed E-state index contributed by atoms with van der Waals surface area (Å²) >= 11 is 0. The molecule has 6 nitrogen and oxygen atoms in total. The van der Waals surface area contributed by atoms with Crippen LogP contribution in [0.15, 0.2) is 45.3 Å². The molecule has 0 spiro atoms. The van der Waals surface area contributed by atoms with Crippen LogP contribution in [-0.4, -0.2) is 29.6 Å². The summed E-state index contributed by atoms with van der Waals surface area (Å²) in [5.74, 6) is -1.19. The molecule has 0 radical (unpaired) electrons. The van der Waals surface area contributed by atoms with Crippen molar-refractivity contribution in [3.05, 3.63) is 35.9 Å². The van der Waals surface area contributed by atoms with E-state index >= 15 is 0 Å². The lowest BCUT2D eigenvalue weighted by molar-refractivity contribution is -0.116. The van der Waals surface area contributed by atoms with Gasteiger partial charge in [-0.3, -0.25) is 10.5 Å². The Morgan fingerprint density at radius 1 is 1.28 bits per heavy atom. The number of nitrogens with one attached hydrogen (secondary N) is 1. The van der Waals surface area contributed by atoms with Crippen LogP contribution in [0.5, 0.6) is 0 Å². The molecule has 0 bridgehead atoms. The summed E-state index contributed by atoms with van der Waals surface area (Å²) in [6.45, 7) is 0. The number of hydrogen-bond donors (Lipinski definition) is 2. The van der Waals surface area contributed by atoms with Gasteiger partial charge in [-0.1, -0.05) is 30.3 Å². The van der Waals surface area contributed by atoms with Crippen LogP contribution in [0, 0.1) is 0 Å². The van der Waals surface area contributed by atoms with Crippen LogP contribution in [0.4, 0.5) is 0 Å². The fourth-order valence-corrected chi connectivity index (χ4v) is 1.97. The van der Waals surface area contributed by atoms with Gasteiger partial charge in [0.1, 0.15) is 6.34 Å². The number of carbonyl (C=O) groups is 1. The van der Waals surface area contributed by atoms with E-state index in [-0.39, 0.29) is 11.6 Å². The average Bonchev–Trinajstić information content (AvgIpc) is 2.77. The van der Waals surface area contributed by atoms with Gasteiger partial charge >= 0.3 is 0 Å². The number of hydrogen-bond acceptors (Lipinski definition) is 5. The molecule has 1 aromatic carbocycles. The normalized spacial score (nSPS) is 25.3. The molecule has 18 heavy (non-hydrogen) atoms. The highest BCUT2D eigenvalue weighted by atomic mass is 16.2. The van der Waals surface area contributed by atoms with Crippen molar-refractivity contribution >= 4 is 23.8 Å². The highest BCUT2D eigenvalue weighted by Crippen LogP contribution is 2.15. The van der Waals surface area contributed by atoms with Crippen molar-refractivity contribution in [3.8, 4) is 0 Å². The minimum Gasteiger partial charge on any atom is -0.314 e. The standard InChI is InChI=1S/C12H11N5O/c13-12(6-8-4-2-1-3-5-8)16-10-9(11(18)17-12)14-7-15-10/h1-5,7H,6,13H2,(H,17,18). The van der Waals surface area contributed by atoms with Gasteiger partial charge in [0.15, 0.2) is 17.3 Å². The highest BCUT2D eigenvalue weighted by Gasteiger charge is 2.37. The Labute approximate surface area is 103 Å². The summed E-state index contributed by atoms with van der Waals surface area (Å²) < 4.78 is 0. The summed E-state index contributed by atoms with van der Waals surface area (Å²) in [5.41, 5.74) is 7.31. The maximum absolute atomic E-state index is 11.8. The van der Waals surface area contributed by atoms with Crippen molar-refractivity contribution in [3.63, 3.8) is 0 Å². The lowest BCUT2D eigenvalue weighted by atomic mass is 10.1. The smallest absolute Gasteiger partial charge is 0.276 e. The van der Waals surface area contributed by atoms with E-state index in [4.69, 9.17) is 5.73 Å². The first kappa shape index (κ1) is 10.8. The van der Waals surface area contributed by atoms with Crippen molar-refractivity contribution in [2.24, 2.45) is 20.7 Å². The molecule has 90 valence electrons. The van der Waals surface area contributed by atoms with Crippen molar-refractivity contribution in [1.82, 2.24) is 5.32 Å². The first-order valence-corrected chi connectivity index (χ1v) is 5.52. The summed E-state index contributed by atoms with van der Waals surface area (Å²) in [6, 6.07) is 9.61. The Hall–Kier alpha value is -2.34. The SMILES string of the molecule is NC1(Cc2ccccc2)N=C2N=CN=C2C(=O)N1. The molecule has 0 saturated carbocycles. The lowest BCUT2D eigenvalue weighted by Gasteiger charge is -2.29. The van der Waals surface area contributed by atoms with Gasteiger partial charge in [-0.25, -0.2) is 15.0 Å². The second-order valence-corrected chi connectivity index (χ2v) is 4.20. The van der Waals surface area contributed by atoms with Gasteiger partial charge < -0.3 is 5.32 Å². The quantitative estimate of drug-likeness (QED) is 0.753. The number of nitrogens with two attached hydrogens (primary N) is 1. The number of amides is 1. The summed E-state index contributed by atoms with van der Waals surface area (Å²) in [6.07, 6.45) is 1.72. The second-order valence-electron chi connectivity index (χ2n) is 4.20. The molecular weight excluding hydrogens is 230 g/mol. The number of amidine groups is 1. The number of aliphatic imine (C=N–C) groups is 3. The van der Waals surface area contributed by atoms with Gasteiger partial charge in [0, 0.05) is 6.42 Å². The third-order valence-electron chi connectivity index (χ3n) is 2.75. The van der Waals surface area contributed by atoms with Crippen LogP contribution >= 0.6 is 0 Å². The molecule has 0 fully saturated rings. The molecule has 1 amide bonds. The molecule has 0 aromatic heterocycles. The Morgan fingerprint density at radius 3 is 2.83 bits per heavy atom. The van der Waals surface area contributed by atoms with Gasteiger partial charge in [-0.2, -0.15) is 0 Å². The third kappa shape index (κ3) is 1.82. The predicted octanol–water partition coefficient (Wildman–Crippen LogP) is -0.147. The molecule has 2 aliphatic heterocycles. The van der Waals surface area contributed by atoms with Crippen LogP contribution < -0.4 is 11.1 Å². The molecular formula is C12H11N5O. The summed E-state index contributed by atoms with van der Waals surface area (Å²) in [5, 5.41) is 2.65. The van der Waals surface area contributed by atoms with E-state index in [0.29, 0.717) is 12.3 Å². The molecule has 1 unspecified atom stereocenters. The van der Waals surface area contributed by atoms with E-state index in [0.717, 1.165) is 5.56 Å². The maximum Gasteiger partial charge on any atom is 0.276 e. The zero-order valence-corrected chi connectivity index (χ0v) is 9.50. The van der Waals surface area contributed by atoms with Gasteiger partial charge in [-0.05, 0) is 5.56 Å². The molecule has 2 aliphatic rings. The molecule has 0 aliphatic carbocycles. The van der Waals surface area contributed by atoms with E-state index in [1.54, 1.807) is 0 Å². The zero-order valence-electron chi connectivity index (χ0n) is 9.50. The molecule has 3 N–H and O–H groups in total. The molecule has 0 saturated heterocycles. The highest BCUT2D eigenvalue weighted by molar-refractivity contribution is 6.69. The van der Waals surface area contributed by atoms with Gasteiger partial charge in [0.2, 0.25) is 0 Å². The molecule has 1 atom stereocenters. The predicted molar refractivity (Wildman–Crippen MR) is 68.6 cm³/mol. The van der Waals surface area contributed by atoms with Crippen molar-refractivity contribution < 1.29 is 4.79 Å². The Kier molecular flexibility index (Phi) is 2.31. The Bertz CT molecular complexity index is 590. The van der Waals surface area contributed by atoms with Gasteiger partial charge in [-0.15, -0.1) is 0 Å². The van der Waals surface area contributed by atoms with Crippen molar-refractivity contribution in [2.45, 2.75) is 12.2 Å². The van der Waals surface area contributed by atoms with Gasteiger partial charge in [0.25, 0.3) is 5.91 Å². The number of nitrogens with zero attached hydrogens (tertiary/aromatic N) is 3. The van der Waals surface area contributed by atoms with E-state index in [1.807, 2.05) is 30.3 Å². The van der Waals surface area contributed by atoms with E-state index in [1.165, 1.54) is 6.34 Å². The summed E-state index contributed by atoms with van der Waals surface area (Å²) in [7, 11) is 0. The van der Waals surface area contributed by atoms with Crippen LogP contribution in [0.25, 0.3) is 0 Å². The molecule has 3 rings (SSSR count). The average molecular weight is 241 g/mol. The van der Waals surface area contributed by atoms with Crippen LogP contribution in [0.2, 0.25) is 0 Å². The monoisotopic (exact) mass is 241 g/mol. The molecule has 1 aromatic rings. The van der Waals surface area contributed by atoms with Crippen LogP contribution in [0.3, 0.4) is 0 Å². The van der Waals surface area contributed by atoms with E-state index < -0.39 is 5.79 Å². The number of fused-ring (bicyclic) bond motifs is 1. The topological polar surface area (TPSA) is 92.2 Å². The first-order valence-electron chi connectivity index (χ1n) is 5.52. The maximum atomic E-state index is 11.8. The fraction of sp³-hybridized carbons (Fsp3) is 0.167. The molecule has 2 heterocycles. The third-order valence-corrected chi connectivity index (χ3v) is 2.75. The van der Waals surface area contributed by atoms with Crippen molar-refractivity contribution in [2.75, 3.05) is 0 Å². The van der Waals surface area contributed by atoms with Crippen LogP contribution in [-0.2, 0) is 11.2 Å². The minimum absolute atomic E-state index is 0.226.